The number of likely N-dealkylation sites (N-methyl/N-ethyl adjacent to an activating group) is 1. The molecule has 0 saturated carbocycles. The number of piperidine rings is 1. The van der Waals surface area contributed by atoms with Crippen molar-refractivity contribution in [1.29, 1.82) is 0 Å². The molecule has 104 valence electrons. The van der Waals surface area contributed by atoms with Gasteiger partial charge in [0.15, 0.2) is 0 Å². The fraction of sp³-hybridized carbons (Fsp3) is 0.533. The molecule has 4 heteroatoms. The van der Waals surface area contributed by atoms with Crippen molar-refractivity contribution in [2.24, 2.45) is 0 Å². The molecule has 1 N–H and O–H groups in total. The Balaban J connectivity index is 1.84. The third-order valence-electron chi connectivity index (χ3n) is 3.51. The zero-order chi connectivity index (χ0) is 13.7. The van der Waals surface area contributed by atoms with Crippen LogP contribution in [-0.4, -0.2) is 42.7 Å². The molecule has 0 spiro atoms. The molecule has 0 bridgehead atoms. The fourth-order valence-electron chi connectivity index (χ4n) is 2.35. The van der Waals surface area contributed by atoms with Gasteiger partial charge < -0.3 is 10.2 Å². The maximum absolute atomic E-state index is 11.8. The Labute approximate surface area is 119 Å². The molecule has 1 aliphatic heterocycles. The first-order valence-electron chi connectivity index (χ1n) is 6.85. The first kappa shape index (κ1) is 14.4. The van der Waals surface area contributed by atoms with Gasteiger partial charge in [-0.05, 0) is 38.4 Å². The molecule has 0 aliphatic carbocycles. The summed E-state index contributed by atoms with van der Waals surface area (Å²) in [6, 6.07) is 8.53. The third kappa shape index (κ3) is 3.98. The van der Waals surface area contributed by atoms with Crippen LogP contribution in [-0.2, 0) is 4.79 Å². The number of likely N-dealkylation sites (tertiary alicyclic amines) is 1. The Hall–Kier alpha value is -1.00. The fourth-order valence-corrected chi connectivity index (χ4v) is 3.57. The van der Waals surface area contributed by atoms with Gasteiger partial charge in [-0.15, -0.1) is 11.8 Å². The van der Waals surface area contributed by atoms with Gasteiger partial charge in [0.1, 0.15) is 0 Å². The third-order valence-corrected chi connectivity index (χ3v) is 5.03. The molecular formula is C15H22N2OS. The van der Waals surface area contributed by atoms with Gasteiger partial charge in [-0.1, -0.05) is 18.2 Å². The van der Waals surface area contributed by atoms with Gasteiger partial charge >= 0.3 is 0 Å². The van der Waals surface area contributed by atoms with Gasteiger partial charge in [-0.25, -0.2) is 0 Å². The lowest BCUT2D eigenvalue weighted by Gasteiger charge is -2.32. The van der Waals surface area contributed by atoms with Crippen LogP contribution in [0.3, 0.4) is 0 Å². The van der Waals surface area contributed by atoms with E-state index < -0.39 is 0 Å². The normalized spacial score (nSPS) is 16.6. The second kappa shape index (κ2) is 6.96. The van der Waals surface area contributed by atoms with Crippen LogP contribution in [0.25, 0.3) is 0 Å². The predicted molar refractivity (Wildman–Crippen MR) is 80.6 cm³/mol. The summed E-state index contributed by atoms with van der Waals surface area (Å²) in [6.07, 6.45) is 2.18. The smallest absolute Gasteiger partial charge is 0.236 e. The van der Waals surface area contributed by atoms with Crippen LogP contribution in [0.15, 0.2) is 29.2 Å². The van der Waals surface area contributed by atoms with Crippen molar-refractivity contribution in [2.45, 2.75) is 29.9 Å². The zero-order valence-corrected chi connectivity index (χ0v) is 12.5. The van der Waals surface area contributed by atoms with E-state index in [9.17, 15) is 4.79 Å². The van der Waals surface area contributed by atoms with Crippen LogP contribution >= 0.6 is 11.8 Å². The second-order valence-electron chi connectivity index (χ2n) is 4.99. The lowest BCUT2D eigenvalue weighted by molar-refractivity contribution is -0.130. The number of hydrogen-bond donors (Lipinski definition) is 1. The number of nitrogens with one attached hydrogen (secondary N) is 1. The monoisotopic (exact) mass is 278 g/mol. The van der Waals surface area contributed by atoms with Crippen LogP contribution in [0.5, 0.6) is 0 Å². The number of thioether (sulfide) groups is 1. The number of hydrogen-bond acceptors (Lipinski definition) is 3. The molecule has 1 aromatic carbocycles. The lowest BCUT2D eigenvalue weighted by Crippen LogP contribution is -2.42. The molecule has 0 unspecified atom stereocenters. The Morgan fingerprint density at radius 1 is 1.37 bits per heavy atom. The number of rotatable bonds is 4. The number of amides is 1. The van der Waals surface area contributed by atoms with Crippen molar-refractivity contribution in [2.75, 3.05) is 26.7 Å². The van der Waals surface area contributed by atoms with Crippen LogP contribution in [0.4, 0.5) is 0 Å². The molecule has 1 heterocycles. The van der Waals surface area contributed by atoms with E-state index in [1.165, 1.54) is 10.5 Å². The molecule has 1 amide bonds. The van der Waals surface area contributed by atoms with Gasteiger partial charge in [-0.2, -0.15) is 0 Å². The van der Waals surface area contributed by atoms with E-state index >= 15 is 0 Å². The van der Waals surface area contributed by atoms with Crippen molar-refractivity contribution < 1.29 is 4.79 Å². The highest BCUT2D eigenvalue weighted by atomic mass is 32.2. The molecule has 1 fully saturated rings. The maximum atomic E-state index is 11.8. The van der Waals surface area contributed by atoms with Crippen molar-refractivity contribution in [3.05, 3.63) is 29.8 Å². The van der Waals surface area contributed by atoms with E-state index in [4.69, 9.17) is 0 Å². The number of carbonyl (C=O) groups is 1. The topological polar surface area (TPSA) is 32.3 Å². The van der Waals surface area contributed by atoms with Crippen LogP contribution in [0.2, 0.25) is 0 Å². The Morgan fingerprint density at radius 3 is 2.68 bits per heavy atom. The molecule has 2 rings (SSSR count). The zero-order valence-electron chi connectivity index (χ0n) is 11.7. The molecule has 1 aromatic rings. The van der Waals surface area contributed by atoms with Gasteiger partial charge in [-0.3, -0.25) is 4.79 Å². The Morgan fingerprint density at radius 2 is 2.05 bits per heavy atom. The Bertz CT molecular complexity index is 428. The van der Waals surface area contributed by atoms with E-state index in [2.05, 4.69) is 36.5 Å². The summed E-state index contributed by atoms with van der Waals surface area (Å²) in [5.41, 5.74) is 1.35. The summed E-state index contributed by atoms with van der Waals surface area (Å²) in [6.45, 7) is 4.40. The molecule has 0 aromatic heterocycles. The van der Waals surface area contributed by atoms with Crippen molar-refractivity contribution >= 4 is 17.7 Å². The van der Waals surface area contributed by atoms with E-state index in [-0.39, 0.29) is 5.91 Å². The highest BCUT2D eigenvalue weighted by Gasteiger charge is 2.23. The quantitative estimate of drug-likeness (QED) is 0.917. The Kier molecular flexibility index (Phi) is 5.28. The van der Waals surface area contributed by atoms with Gasteiger partial charge in [0.2, 0.25) is 5.91 Å². The molecule has 1 saturated heterocycles. The first-order valence-corrected chi connectivity index (χ1v) is 7.73. The predicted octanol–water partition coefficient (Wildman–Crippen LogP) is 2.30. The summed E-state index contributed by atoms with van der Waals surface area (Å²) in [5.74, 6) is 0.224. The lowest BCUT2D eigenvalue weighted by atomic mass is 10.1. The number of carbonyl (C=O) groups excluding carboxylic acids is 1. The summed E-state index contributed by atoms with van der Waals surface area (Å²) in [4.78, 5) is 15.1. The average molecular weight is 278 g/mol. The molecule has 19 heavy (non-hydrogen) atoms. The highest BCUT2D eigenvalue weighted by Crippen LogP contribution is 2.32. The molecule has 0 radical (unpaired) electrons. The van der Waals surface area contributed by atoms with E-state index in [0.717, 1.165) is 25.9 Å². The van der Waals surface area contributed by atoms with Gasteiger partial charge in [0, 0.05) is 23.2 Å². The number of aryl methyl sites for hydroxylation is 1. The average Bonchev–Trinajstić information content (AvgIpc) is 2.42. The summed E-state index contributed by atoms with van der Waals surface area (Å²) < 4.78 is 0. The SMILES string of the molecule is CNCC(=O)N1CCC(Sc2ccccc2C)CC1. The summed E-state index contributed by atoms with van der Waals surface area (Å²) >= 11 is 1.96. The van der Waals surface area contributed by atoms with Gasteiger partial charge in [0.25, 0.3) is 0 Å². The van der Waals surface area contributed by atoms with Crippen LogP contribution < -0.4 is 5.32 Å². The van der Waals surface area contributed by atoms with E-state index in [0.29, 0.717) is 11.8 Å². The molecule has 3 nitrogen and oxygen atoms in total. The number of benzene rings is 1. The molecule has 0 atom stereocenters. The molecule has 1 aliphatic rings. The van der Waals surface area contributed by atoms with E-state index in [1.807, 2.05) is 23.7 Å². The van der Waals surface area contributed by atoms with Crippen molar-refractivity contribution in [3.63, 3.8) is 0 Å². The minimum atomic E-state index is 0.224. The van der Waals surface area contributed by atoms with Crippen molar-refractivity contribution in [1.82, 2.24) is 10.2 Å². The number of nitrogens with zero attached hydrogens (tertiary/aromatic N) is 1. The minimum Gasteiger partial charge on any atom is -0.342 e. The largest absolute Gasteiger partial charge is 0.342 e. The molecular weight excluding hydrogens is 256 g/mol. The van der Waals surface area contributed by atoms with Gasteiger partial charge in [0.05, 0.1) is 6.54 Å². The maximum Gasteiger partial charge on any atom is 0.236 e. The van der Waals surface area contributed by atoms with E-state index in [1.54, 1.807) is 0 Å². The standard InChI is InChI=1S/C15H22N2OS/c1-12-5-3-4-6-14(12)19-13-7-9-17(10-8-13)15(18)11-16-2/h3-6,13,16H,7-11H2,1-2H3. The van der Waals surface area contributed by atoms with Crippen LogP contribution in [0, 0.1) is 6.92 Å². The summed E-state index contributed by atoms with van der Waals surface area (Å²) in [7, 11) is 1.82. The van der Waals surface area contributed by atoms with Crippen LogP contribution in [0.1, 0.15) is 18.4 Å². The summed E-state index contributed by atoms with van der Waals surface area (Å²) in [5, 5.41) is 3.57. The second-order valence-corrected chi connectivity index (χ2v) is 6.34. The minimum absolute atomic E-state index is 0.224. The highest BCUT2D eigenvalue weighted by molar-refractivity contribution is 8.00. The first-order chi connectivity index (χ1) is 9.20. The van der Waals surface area contributed by atoms with Crippen molar-refractivity contribution in [3.8, 4) is 0 Å².